The Balaban J connectivity index is 1.52. The molecule has 1 aromatic carbocycles. The number of nitrogens with zero attached hydrogens (tertiary/aromatic N) is 5. The van der Waals surface area contributed by atoms with Crippen LogP contribution in [0.15, 0.2) is 29.3 Å². The summed E-state index contributed by atoms with van der Waals surface area (Å²) in [5.74, 6) is 0.721. The predicted molar refractivity (Wildman–Crippen MR) is 123 cm³/mol. The van der Waals surface area contributed by atoms with Gasteiger partial charge in [0.15, 0.2) is 0 Å². The molecule has 0 aliphatic carbocycles. The number of H-pyrrole nitrogens is 1. The normalized spacial score (nSPS) is 23.4. The molecule has 5 heterocycles. The van der Waals surface area contributed by atoms with E-state index in [0.29, 0.717) is 28.1 Å². The lowest BCUT2D eigenvalue weighted by atomic mass is 9.98. The van der Waals surface area contributed by atoms with Gasteiger partial charge in [-0.2, -0.15) is 10.1 Å². The average Bonchev–Trinajstić information content (AvgIpc) is 3.39. The van der Waals surface area contributed by atoms with Crippen molar-refractivity contribution >= 4 is 39.5 Å². The van der Waals surface area contributed by atoms with Crippen LogP contribution in [0.5, 0.6) is 0 Å². The summed E-state index contributed by atoms with van der Waals surface area (Å²) < 4.78 is 3.42. The molecule has 6 rings (SSSR count). The minimum Gasteiger partial charge on any atom is -0.345 e. The van der Waals surface area contributed by atoms with E-state index in [9.17, 15) is 4.79 Å². The molecule has 2 bridgehead atoms. The molecule has 2 aliphatic heterocycles. The quantitative estimate of drug-likeness (QED) is 0.502. The molecule has 2 fully saturated rings. The van der Waals surface area contributed by atoms with Crippen molar-refractivity contribution in [2.24, 2.45) is 19.8 Å². The molecule has 0 amide bonds. The third-order valence-corrected chi connectivity index (χ3v) is 7.33. The first-order valence-electron chi connectivity index (χ1n) is 10.7. The molecular weight excluding hydrogens is 414 g/mol. The number of aryl methyl sites for hydroxylation is 1. The van der Waals surface area contributed by atoms with Crippen LogP contribution in [0.4, 0.5) is 5.95 Å². The molecule has 160 valence electrons. The first-order valence-corrected chi connectivity index (χ1v) is 11.0. The van der Waals surface area contributed by atoms with E-state index < -0.39 is 0 Å². The number of fused-ring (bicyclic) bond motifs is 4. The van der Waals surface area contributed by atoms with Gasteiger partial charge in [0.25, 0.3) is 5.56 Å². The fraction of sp³-hybridized carbons (Fsp3) is 0.409. The minimum absolute atomic E-state index is 0.0760. The Morgan fingerprint density at radius 1 is 1.16 bits per heavy atom. The number of nitrogens with one attached hydrogen (secondary N) is 1. The Kier molecular flexibility index (Phi) is 4.01. The van der Waals surface area contributed by atoms with E-state index in [1.807, 2.05) is 31.6 Å². The molecule has 0 unspecified atom stereocenters. The van der Waals surface area contributed by atoms with Crippen molar-refractivity contribution in [3.63, 3.8) is 0 Å². The van der Waals surface area contributed by atoms with Gasteiger partial charge in [-0.3, -0.25) is 14.0 Å². The summed E-state index contributed by atoms with van der Waals surface area (Å²) >= 11 is 6.74. The van der Waals surface area contributed by atoms with Crippen LogP contribution in [0.1, 0.15) is 25.7 Å². The molecule has 3 aromatic heterocycles. The second-order valence-corrected chi connectivity index (χ2v) is 9.27. The zero-order valence-electron chi connectivity index (χ0n) is 17.5. The third kappa shape index (κ3) is 2.68. The molecule has 9 heteroatoms. The lowest BCUT2D eigenvalue weighted by Crippen LogP contribution is -2.49. The lowest BCUT2D eigenvalue weighted by molar-refractivity contribution is 0.405. The maximum absolute atomic E-state index is 13.5. The van der Waals surface area contributed by atoms with Gasteiger partial charge < -0.3 is 15.6 Å². The number of halogens is 1. The summed E-state index contributed by atoms with van der Waals surface area (Å²) in [4.78, 5) is 24.0. The fourth-order valence-electron chi connectivity index (χ4n) is 5.53. The molecule has 0 spiro atoms. The van der Waals surface area contributed by atoms with Gasteiger partial charge in [-0.05, 0) is 31.7 Å². The number of anilines is 1. The summed E-state index contributed by atoms with van der Waals surface area (Å²) in [6.45, 7) is 0. The predicted octanol–water partition coefficient (Wildman–Crippen LogP) is 2.93. The van der Waals surface area contributed by atoms with Gasteiger partial charge >= 0.3 is 0 Å². The first-order chi connectivity index (χ1) is 14.9. The van der Waals surface area contributed by atoms with Crippen molar-refractivity contribution in [2.75, 3.05) is 4.90 Å². The first kappa shape index (κ1) is 18.9. The van der Waals surface area contributed by atoms with Crippen molar-refractivity contribution in [1.29, 1.82) is 0 Å². The maximum atomic E-state index is 13.5. The van der Waals surface area contributed by atoms with Crippen LogP contribution in [0, 0.1) is 0 Å². The van der Waals surface area contributed by atoms with Gasteiger partial charge in [0, 0.05) is 61.1 Å². The maximum Gasteiger partial charge on any atom is 0.264 e. The number of rotatable bonds is 2. The molecular formula is C22H24ClN7O. The largest absolute Gasteiger partial charge is 0.345 e. The topological polar surface area (TPSA) is 97.8 Å². The smallest absolute Gasteiger partial charge is 0.264 e. The number of hydrogen-bond acceptors (Lipinski definition) is 5. The number of hydrogen-bond donors (Lipinski definition) is 2. The highest BCUT2D eigenvalue weighted by atomic mass is 35.5. The Morgan fingerprint density at radius 2 is 1.90 bits per heavy atom. The molecule has 3 N–H and O–H groups in total. The van der Waals surface area contributed by atoms with E-state index in [0.717, 1.165) is 53.7 Å². The molecule has 0 saturated carbocycles. The minimum atomic E-state index is -0.0760. The van der Waals surface area contributed by atoms with Crippen molar-refractivity contribution < 1.29 is 0 Å². The highest BCUT2D eigenvalue weighted by Gasteiger charge is 2.41. The zero-order valence-corrected chi connectivity index (χ0v) is 18.2. The fourth-order valence-corrected chi connectivity index (χ4v) is 5.84. The highest BCUT2D eigenvalue weighted by molar-refractivity contribution is 6.38. The Labute approximate surface area is 183 Å². The van der Waals surface area contributed by atoms with Crippen LogP contribution < -0.4 is 16.2 Å². The van der Waals surface area contributed by atoms with E-state index in [1.165, 1.54) is 0 Å². The summed E-state index contributed by atoms with van der Waals surface area (Å²) in [6, 6.07) is 4.77. The number of piperidine rings is 1. The van der Waals surface area contributed by atoms with Gasteiger partial charge in [-0.25, -0.2) is 0 Å². The van der Waals surface area contributed by atoms with Gasteiger partial charge in [0.1, 0.15) is 5.65 Å². The monoisotopic (exact) mass is 437 g/mol. The van der Waals surface area contributed by atoms with Crippen molar-refractivity contribution in [3.05, 3.63) is 39.9 Å². The van der Waals surface area contributed by atoms with Crippen LogP contribution in [0.3, 0.4) is 0 Å². The molecule has 31 heavy (non-hydrogen) atoms. The van der Waals surface area contributed by atoms with Crippen molar-refractivity contribution in [3.8, 4) is 11.1 Å². The second-order valence-electron chi connectivity index (χ2n) is 8.89. The van der Waals surface area contributed by atoms with E-state index in [1.54, 1.807) is 16.3 Å². The molecule has 2 aliphatic rings. The van der Waals surface area contributed by atoms with E-state index in [-0.39, 0.29) is 11.6 Å². The summed E-state index contributed by atoms with van der Waals surface area (Å²) in [7, 11) is 3.67. The van der Waals surface area contributed by atoms with Crippen LogP contribution >= 0.6 is 11.6 Å². The lowest BCUT2D eigenvalue weighted by Gasteiger charge is -2.38. The van der Waals surface area contributed by atoms with E-state index in [2.05, 4.69) is 15.0 Å². The molecule has 8 nitrogen and oxygen atoms in total. The summed E-state index contributed by atoms with van der Waals surface area (Å²) in [6.07, 6.45) is 7.81. The van der Waals surface area contributed by atoms with Gasteiger partial charge in [0.2, 0.25) is 5.95 Å². The molecule has 4 aromatic rings. The average molecular weight is 438 g/mol. The molecule has 0 radical (unpaired) electrons. The second kappa shape index (κ2) is 6.58. The number of nitrogens with two attached hydrogens (primary N) is 1. The van der Waals surface area contributed by atoms with E-state index in [4.69, 9.17) is 22.3 Å². The van der Waals surface area contributed by atoms with Crippen LogP contribution in [-0.2, 0) is 14.1 Å². The molecule has 3 atom stereocenters. The summed E-state index contributed by atoms with van der Waals surface area (Å²) in [5.41, 5.74) is 9.12. The van der Waals surface area contributed by atoms with Gasteiger partial charge in [0.05, 0.1) is 15.9 Å². The highest BCUT2D eigenvalue weighted by Crippen LogP contribution is 2.39. The van der Waals surface area contributed by atoms with Crippen molar-refractivity contribution in [2.45, 2.75) is 43.8 Å². The SMILES string of the molecule is Cn1cc2c(Cl)c(-c3c[nH]c4nc(N5[C@@H]6CC[C@H]5C[C@H](N)C6)n(C)c(=O)c34)ccc2n1. The van der Waals surface area contributed by atoms with Crippen LogP contribution in [-0.4, -0.2) is 42.4 Å². The number of benzene rings is 1. The molecule has 2 saturated heterocycles. The Bertz CT molecular complexity index is 1390. The Hall–Kier alpha value is -2.84. The Morgan fingerprint density at radius 3 is 2.65 bits per heavy atom. The van der Waals surface area contributed by atoms with Gasteiger partial charge in [-0.15, -0.1) is 0 Å². The van der Waals surface area contributed by atoms with Crippen LogP contribution in [0.25, 0.3) is 33.1 Å². The van der Waals surface area contributed by atoms with Crippen molar-refractivity contribution in [1.82, 2.24) is 24.3 Å². The van der Waals surface area contributed by atoms with Gasteiger partial charge in [-0.1, -0.05) is 17.7 Å². The van der Waals surface area contributed by atoms with E-state index >= 15 is 0 Å². The number of aromatic amines is 1. The summed E-state index contributed by atoms with van der Waals surface area (Å²) in [5, 5.41) is 6.41. The van der Waals surface area contributed by atoms with Crippen LogP contribution in [0.2, 0.25) is 5.02 Å². The zero-order chi connectivity index (χ0) is 21.4. The number of aromatic nitrogens is 5. The third-order valence-electron chi connectivity index (χ3n) is 6.92. The standard InChI is InChI=1S/C22H24ClN7O/c1-28-10-16-17(27-28)6-5-14(19(16)23)15-9-25-20-18(15)21(31)29(2)22(26-20)30-12-3-4-13(30)8-11(24)7-12/h5-6,9-13,25H,3-4,7-8,24H2,1-2H3/t11-,12-,13+.